The molecule has 0 saturated carbocycles. The summed E-state index contributed by atoms with van der Waals surface area (Å²) in [5.74, 6) is -0.0749. The first-order chi connectivity index (χ1) is 21.9. The van der Waals surface area contributed by atoms with Crippen LogP contribution >= 0.6 is 0 Å². The van der Waals surface area contributed by atoms with Gasteiger partial charge in [0.05, 0.1) is 41.4 Å². The minimum Gasteiger partial charge on any atom is -0.352 e. The van der Waals surface area contributed by atoms with Crippen LogP contribution in [0.25, 0.3) is 16.6 Å². The summed E-state index contributed by atoms with van der Waals surface area (Å²) in [7, 11) is 0. The molecule has 0 radical (unpaired) electrons. The SMILES string of the molecule is C=CC(=O)N1CCN(c2nc(N3CC(N(CC)CC)C3)nc3c(=O)n(-c4cccc(C(C)C)c4C(F)(F)F)ncc23)CC1CC#N. The molecule has 1 aromatic carbocycles. The number of hydrogen-bond acceptors (Lipinski definition) is 9. The fourth-order valence-corrected chi connectivity index (χ4v) is 6.40. The lowest BCUT2D eigenvalue weighted by Gasteiger charge is -2.45. The van der Waals surface area contributed by atoms with Crippen molar-refractivity contribution in [3.63, 3.8) is 0 Å². The van der Waals surface area contributed by atoms with Crippen LogP contribution in [0.4, 0.5) is 24.9 Å². The molecule has 2 saturated heterocycles. The van der Waals surface area contributed by atoms with Crippen molar-refractivity contribution >= 4 is 28.6 Å². The summed E-state index contributed by atoms with van der Waals surface area (Å²) in [5.41, 5.74) is -2.10. The molecule has 2 fully saturated rings. The van der Waals surface area contributed by atoms with Gasteiger partial charge in [0, 0.05) is 38.8 Å². The zero-order valence-corrected chi connectivity index (χ0v) is 26.5. The predicted octanol–water partition coefficient (Wildman–Crippen LogP) is 3.97. The zero-order valence-electron chi connectivity index (χ0n) is 26.5. The van der Waals surface area contributed by atoms with Crippen molar-refractivity contribution in [2.45, 2.75) is 58.3 Å². The van der Waals surface area contributed by atoms with Gasteiger partial charge in [0.25, 0.3) is 5.56 Å². The first-order valence-corrected chi connectivity index (χ1v) is 15.5. The van der Waals surface area contributed by atoms with Gasteiger partial charge in [-0.3, -0.25) is 14.5 Å². The topological polar surface area (TPSA) is 114 Å². The molecule has 244 valence electrons. The molecule has 11 nitrogen and oxygen atoms in total. The Morgan fingerprint density at radius 3 is 2.48 bits per heavy atom. The number of anilines is 2. The highest BCUT2D eigenvalue weighted by Crippen LogP contribution is 2.39. The summed E-state index contributed by atoms with van der Waals surface area (Å²) in [6.45, 7) is 14.9. The second-order valence-corrected chi connectivity index (χ2v) is 11.8. The van der Waals surface area contributed by atoms with Gasteiger partial charge in [-0.25, -0.2) is 4.98 Å². The van der Waals surface area contributed by atoms with Crippen molar-refractivity contribution in [2.75, 3.05) is 55.6 Å². The third-order valence-electron chi connectivity index (χ3n) is 8.86. The number of nitriles is 1. The van der Waals surface area contributed by atoms with Crippen LogP contribution in [0.2, 0.25) is 0 Å². The van der Waals surface area contributed by atoms with E-state index in [2.05, 4.69) is 41.5 Å². The fraction of sp³-hybridized carbons (Fsp3) is 0.500. The Morgan fingerprint density at radius 1 is 1.15 bits per heavy atom. The molecule has 0 bridgehead atoms. The minimum atomic E-state index is -4.73. The second kappa shape index (κ2) is 13.1. The summed E-state index contributed by atoms with van der Waals surface area (Å²) in [5, 5.41) is 14.0. The Labute approximate surface area is 265 Å². The molecule has 0 N–H and O–H groups in total. The first kappa shape index (κ1) is 32.9. The van der Waals surface area contributed by atoms with Gasteiger partial charge in [-0.1, -0.05) is 46.4 Å². The molecular weight excluding hydrogens is 599 g/mol. The Hall–Kier alpha value is -4.51. The van der Waals surface area contributed by atoms with Gasteiger partial charge in [-0.05, 0) is 36.7 Å². The summed E-state index contributed by atoms with van der Waals surface area (Å²) in [6, 6.07) is 6.08. The van der Waals surface area contributed by atoms with Gasteiger partial charge in [0.1, 0.15) is 11.3 Å². The number of aromatic nitrogens is 4. The van der Waals surface area contributed by atoms with E-state index in [0.29, 0.717) is 25.5 Å². The van der Waals surface area contributed by atoms with Crippen LogP contribution in [-0.2, 0) is 11.0 Å². The molecule has 0 spiro atoms. The van der Waals surface area contributed by atoms with E-state index in [9.17, 15) is 28.0 Å². The maximum atomic E-state index is 14.5. The third-order valence-corrected chi connectivity index (χ3v) is 8.86. The number of rotatable bonds is 9. The number of halogens is 3. The Bertz CT molecular complexity index is 1720. The Kier molecular flexibility index (Phi) is 9.34. The number of carbonyl (C=O) groups excluding carboxylic acids is 1. The monoisotopic (exact) mass is 637 g/mol. The zero-order chi connectivity index (χ0) is 33.3. The number of amides is 1. The van der Waals surface area contributed by atoms with E-state index in [1.165, 1.54) is 30.5 Å². The molecule has 5 rings (SSSR count). The summed E-state index contributed by atoms with van der Waals surface area (Å²) in [4.78, 5) is 43.9. The fourth-order valence-electron chi connectivity index (χ4n) is 6.40. The molecule has 46 heavy (non-hydrogen) atoms. The second-order valence-electron chi connectivity index (χ2n) is 11.8. The van der Waals surface area contributed by atoms with Gasteiger partial charge in [0.2, 0.25) is 11.9 Å². The van der Waals surface area contributed by atoms with Crippen LogP contribution in [0.5, 0.6) is 0 Å². The van der Waals surface area contributed by atoms with Crippen LogP contribution in [0.15, 0.2) is 41.8 Å². The van der Waals surface area contributed by atoms with E-state index in [1.54, 1.807) is 18.7 Å². The van der Waals surface area contributed by atoms with E-state index in [0.717, 1.165) is 17.8 Å². The number of carbonyl (C=O) groups is 1. The van der Waals surface area contributed by atoms with E-state index < -0.39 is 29.3 Å². The number of nitrogens with zero attached hydrogens (tertiary/aromatic N) is 9. The van der Waals surface area contributed by atoms with E-state index in [-0.39, 0.29) is 59.6 Å². The molecule has 1 amide bonds. The summed E-state index contributed by atoms with van der Waals surface area (Å²) < 4.78 is 44.2. The highest BCUT2D eigenvalue weighted by molar-refractivity contribution is 5.90. The van der Waals surface area contributed by atoms with Gasteiger partial charge in [0.15, 0.2) is 0 Å². The quantitative estimate of drug-likeness (QED) is 0.322. The molecule has 2 aliphatic heterocycles. The van der Waals surface area contributed by atoms with Crippen LogP contribution in [0.1, 0.15) is 51.2 Å². The van der Waals surface area contributed by atoms with Gasteiger partial charge >= 0.3 is 6.18 Å². The highest BCUT2D eigenvalue weighted by atomic mass is 19.4. The molecule has 0 aliphatic carbocycles. The number of hydrogen-bond donors (Lipinski definition) is 0. The Morgan fingerprint density at radius 2 is 1.87 bits per heavy atom. The van der Waals surface area contributed by atoms with E-state index in [1.807, 2.05) is 9.80 Å². The van der Waals surface area contributed by atoms with Crippen molar-refractivity contribution in [1.29, 1.82) is 5.26 Å². The van der Waals surface area contributed by atoms with Gasteiger partial charge in [-0.2, -0.15) is 33.2 Å². The number of likely N-dealkylation sites (N-methyl/N-ethyl adjacent to an activating group) is 1. The van der Waals surface area contributed by atoms with Crippen LogP contribution < -0.4 is 15.4 Å². The number of piperazine rings is 1. The average Bonchev–Trinajstić information content (AvgIpc) is 3.01. The summed E-state index contributed by atoms with van der Waals surface area (Å²) >= 11 is 0. The lowest BCUT2D eigenvalue weighted by molar-refractivity contribution is -0.138. The molecule has 1 atom stereocenters. The normalized spacial score (nSPS) is 17.5. The van der Waals surface area contributed by atoms with E-state index >= 15 is 0 Å². The lowest BCUT2D eigenvalue weighted by Crippen LogP contribution is -2.60. The number of fused-ring (bicyclic) bond motifs is 1. The first-order valence-electron chi connectivity index (χ1n) is 15.5. The molecule has 2 aliphatic rings. The minimum absolute atomic E-state index is 0.0568. The van der Waals surface area contributed by atoms with Gasteiger partial charge < -0.3 is 14.7 Å². The van der Waals surface area contributed by atoms with Crippen molar-refractivity contribution in [2.24, 2.45) is 0 Å². The largest absolute Gasteiger partial charge is 0.418 e. The smallest absolute Gasteiger partial charge is 0.352 e. The predicted molar refractivity (Wildman–Crippen MR) is 169 cm³/mol. The molecule has 4 heterocycles. The van der Waals surface area contributed by atoms with Crippen molar-refractivity contribution in [3.05, 3.63) is 58.5 Å². The lowest BCUT2D eigenvalue weighted by atomic mass is 9.95. The van der Waals surface area contributed by atoms with Crippen molar-refractivity contribution < 1.29 is 18.0 Å². The summed E-state index contributed by atoms with van der Waals surface area (Å²) in [6.07, 6.45) is -2.12. The maximum absolute atomic E-state index is 14.5. The molecule has 2 aromatic heterocycles. The number of alkyl halides is 3. The van der Waals surface area contributed by atoms with Crippen molar-refractivity contribution in [3.8, 4) is 11.8 Å². The Balaban J connectivity index is 1.66. The average molecular weight is 638 g/mol. The van der Waals surface area contributed by atoms with E-state index in [4.69, 9.17) is 4.98 Å². The molecule has 14 heteroatoms. The number of benzene rings is 1. The molecular formula is C32H38F3N9O2. The van der Waals surface area contributed by atoms with Crippen molar-refractivity contribution in [1.82, 2.24) is 29.5 Å². The maximum Gasteiger partial charge on any atom is 0.418 e. The molecule has 1 unspecified atom stereocenters. The van der Waals surface area contributed by atoms with Gasteiger partial charge in [-0.15, -0.1) is 0 Å². The van der Waals surface area contributed by atoms with Crippen LogP contribution in [0, 0.1) is 11.3 Å². The van der Waals surface area contributed by atoms with Crippen LogP contribution in [0.3, 0.4) is 0 Å². The van der Waals surface area contributed by atoms with Crippen LogP contribution in [-0.4, -0.2) is 93.4 Å². The molecule has 3 aromatic rings. The third kappa shape index (κ3) is 6.03. The standard InChI is InChI=1S/C32H38F3N9O2/c1-6-26(45)43-15-14-41(17-21(43)12-13-36)29-24-16-37-44(25-11-9-10-23(20(4)5)27(25)32(33,34)35)30(46)28(24)38-31(39-29)42-18-22(19-42)40(7-2)8-3/h6,9-11,16,20-22H,1,7-8,12,14-15,17-19H2,2-5H3. The highest BCUT2D eigenvalue weighted by Gasteiger charge is 2.39.